The summed E-state index contributed by atoms with van der Waals surface area (Å²) >= 11 is 0. The van der Waals surface area contributed by atoms with Crippen molar-refractivity contribution in [3.05, 3.63) is 102 Å². The molecule has 3 aliphatic heterocycles. The number of carbonyl (C=O) groups excluding carboxylic acids is 4. The molecule has 2 atom stereocenters. The molecule has 2 aromatic carbocycles. The molecule has 6 heterocycles. The van der Waals surface area contributed by atoms with Crippen LogP contribution in [0.15, 0.2) is 79.3 Å². The lowest BCUT2D eigenvalue weighted by molar-refractivity contribution is -0.136. The van der Waals surface area contributed by atoms with Gasteiger partial charge in [-0.05, 0) is 81.6 Å². The van der Waals surface area contributed by atoms with Gasteiger partial charge in [-0.2, -0.15) is 0 Å². The van der Waals surface area contributed by atoms with E-state index in [9.17, 15) is 19.2 Å². The van der Waals surface area contributed by atoms with Crippen LogP contribution in [0.1, 0.15) is 76.7 Å². The third-order valence-corrected chi connectivity index (χ3v) is 10.4. The topological polar surface area (TPSA) is 180 Å². The van der Waals surface area contributed by atoms with Crippen LogP contribution in [0.5, 0.6) is 0 Å². The van der Waals surface area contributed by atoms with Crippen LogP contribution < -0.4 is 21.7 Å². The minimum atomic E-state index is -0.637. The summed E-state index contributed by atoms with van der Waals surface area (Å²) in [6.07, 6.45) is 9.72. The number of likely N-dealkylation sites (tertiary alicyclic amines) is 1. The van der Waals surface area contributed by atoms with Crippen LogP contribution in [-0.4, -0.2) is 78.5 Å². The van der Waals surface area contributed by atoms with Crippen molar-refractivity contribution in [1.29, 1.82) is 0 Å². The molecule has 270 valence electrons. The summed E-state index contributed by atoms with van der Waals surface area (Å²) in [5.41, 5.74) is 11.7. The Bertz CT molecular complexity index is 2200. The van der Waals surface area contributed by atoms with Gasteiger partial charge in [-0.25, -0.2) is 15.0 Å². The van der Waals surface area contributed by atoms with E-state index in [4.69, 9.17) is 10.7 Å². The van der Waals surface area contributed by atoms with Gasteiger partial charge < -0.3 is 21.3 Å². The Kier molecular flexibility index (Phi) is 9.27. The van der Waals surface area contributed by atoms with E-state index in [0.29, 0.717) is 35.7 Å². The molecule has 1 unspecified atom stereocenters. The third-order valence-electron chi connectivity index (χ3n) is 10.4. The zero-order valence-corrected chi connectivity index (χ0v) is 29.1. The molecule has 53 heavy (non-hydrogen) atoms. The lowest BCUT2D eigenvalue weighted by Crippen LogP contribution is -2.52. The molecule has 5 aromatic rings. The third kappa shape index (κ3) is 6.68. The maximum Gasteiger partial charge on any atom is 0.256 e. The monoisotopic (exact) mass is 712 g/mol. The van der Waals surface area contributed by atoms with Gasteiger partial charge in [-0.3, -0.25) is 33.8 Å². The quantitative estimate of drug-likeness (QED) is 0.113. The molecular formula is C39H40N10O4. The Morgan fingerprint density at radius 2 is 1.81 bits per heavy atom. The zero-order valence-electron chi connectivity index (χ0n) is 29.1. The molecule has 3 aliphatic rings. The highest BCUT2D eigenvalue weighted by atomic mass is 16.2. The average molecular weight is 713 g/mol. The number of nitrogens with one attached hydrogen (secondary N) is 3. The molecule has 8 rings (SSSR count). The van der Waals surface area contributed by atoms with E-state index in [-0.39, 0.29) is 30.2 Å². The fourth-order valence-electron chi connectivity index (χ4n) is 7.73. The predicted molar refractivity (Wildman–Crippen MR) is 199 cm³/mol. The van der Waals surface area contributed by atoms with Crippen molar-refractivity contribution < 1.29 is 19.2 Å². The minimum absolute atomic E-state index is 0.108. The van der Waals surface area contributed by atoms with Gasteiger partial charge in [-0.1, -0.05) is 24.3 Å². The van der Waals surface area contributed by atoms with Crippen LogP contribution in [0, 0.1) is 0 Å². The van der Waals surface area contributed by atoms with Crippen molar-refractivity contribution in [1.82, 2.24) is 34.5 Å². The number of aromatic nitrogens is 4. The number of anilines is 3. The van der Waals surface area contributed by atoms with E-state index in [1.54, 1.807) is 47.6 Å². The molecule has 0 bridgehead atoms. The summed E-state index contributed by atoms with van der Waals surface area (Å²) in [5, 5.41) is 8.72. The van der Waals surface area contributed by atoms with Crippen molar-refractivity contribution in [2.75, 3.05) is 36.0 Å². The Morgan fingerprint density at radius 1 is 0.943 bits per heavy atom. The van der Waals surface area contributed by atoms with E-state index in [2.05, 4.69) is 35.2 Å². The van der Waals surface area contributed by atoms with Crippen molar-refractivity contribution >= 4 is 46.5 Å². The number of benzene rings is 2. The number of imide groups is 1. The van der Waals surface area contributed by atoms with Crippen LogP contribution in [0.4, 0.5) is 17.3 Å². The van der Waals surface area contributed by atoms with Gasteiger partial charge in [0.25, 0.3) is 11.8 Å². The highest BCUT2D eigenvalue weighted by molar-refractivity contribution is 6.06. The first-order valence-corrected chi connectivity index (χ1v) is 18.1. The summed E-state index contributed by atoms with van der Waals surface area (Å²) in [5.74, 6) is 0.670. The van der Waals surface area contributed by atoms with Gasteiger partial charge in [0.15, 0.2) is 0 Å². The molecule has 5 N–H and O–H groups in total. The number of amides is 4. The lowest BCUT2D eigenvalue weighted by Gasteiger charge is -2.29. The fraction of sp³-hybridized carbons (Fsp3) is 0.308. The first kappa shape index (κ1) is 34.0. The lowest BCUT2D eigenvalue weighted by atomic mass is 10.0. The van der Waals surface area contributed by atoms with E-state index < -0.39 is 11.9 Å². The molecule has 14 heteroatoms. The molecule has 4 amide bonds. The first-order valence-electron chi connectivity index (χ1n) is 18.1. The minimum Gasteiger partial charge on any atom is -0.385 e. The Labute approximate surface area is 305 Å². The van der Waals surface area contributed by atoms with Gasteiger partial charge in [0.2, 0.25) is 11.8 Å². The summed E-state index contributed by atoms with van der Waals surface area (Å²) in [7, 11) is 0. The highest BCUT2D eigenvalue weighted by Crippen LogP contribution is 2.37. The van der Waals surface area contributed by atoms with Crippen molar-refractivity contribution in [2.24, 2.45) is 0 Å². The van der Waals surface area contributed by atoms with Crippen LogP contribution in [0.25, 0.3) is 16.8 Å². The Balaban J connectivity index is 0.912. The standard InChI is InChI=1S/C39H40N10O4/c40-35-34-33(24-11-13-25(14-12-24)37(51)44-31-10-1-2-18-42-31)46-36(48(34)22-19-43-35)29-9-6-21-47(29)20-4-3-17-41-28-8-5-7-26-27(28)23-49(39(26)53)30-15-16-32(50)45-38(30)52/h1-2,5,7-8,10-14,18-19,22,29-30,41H,3-4,6,9,15-17,20-21,23H2,(H2,40,43)(H,42,44,51)(H,45,50,52)/t29-,30?/m0/s1. The van der Waals surface area contributed by atoms with E-state index in [1.165, 1.54) is 0 Å². The van der Waals surface area contributed by atoms with E-state index in [0.717, 1.165) is 79.2 Å². The number of hydrogen-bond acceptors (Lipinski definition) is 10. The normalized spacial score (nSPS) is 18.7. The fourth-order valence-corrected chi connectivity index (χ4v) is 7.73. The summed E-state index contributed by atoms with van der Waals surface area (Å²) < 4.78 is 2.05. The maximum absolute atomic E-state index is 13.2. The molecule has 2 fully saturated rings. The molecule has 0 spiro atoms. The largest absolute Gasteiger partial charge is 0.385 e. The number of nitrogens with two attached hydrogens (primary N) is 1. The number of pyridine rings is 1. The number of hydrogen-bond donors (Lipinski definition) is 4. The smallest absolute Gasteiger partial charge is 0.256 e. The maximum atomic E-state index is 13.2. The summed E-state index contributed by atoms with van der Waals surface area (Å²) in [6, 6.07) is 17.8. The van der Waals surface area contributed by atoms with Gasteiger partial charge in [0, 0.05) is 66.0 Å². The number of fused-ring (bicyclic) bond motifs is 2. The second-order valence-electron chi connectivity index (χ2n) is 13.7. The summed E-state index contributed by atoms with van der Waals surface area (Å²) in [6.45, 7) is 2.93. The van der Waals surface area contributed by atoms with Crippen molar-refractivity contribution in [3.8, 4) is 11.3 Å². The number of imidazole rings is 1. The van der Waals surface area contributed by atoms with Crippen molar-refractivity contribution in [3.63, 3.8) is 0 Å². The second-order valence-corrected chi connectivity index (χ2v) is 13.7. The van der Waals surface area contributed by atoms with Gasteiger partial charge >= 0.3 is 0 Å². The van der Waals surface area contributed by atoms with Crippen LogP contribution in [0.3, 0.4) is 0 Å². The summed E-state index contributed by atoms with van der Waals surface area (Å²) in [4.78, 5) is 68.0. The van der Waals surface area contributed by atoms with E-state index in [1.807, 2.05) is 36.5 Å². The van der Waals surface area contributed by atoms with Crippen molar-refractivity contribution in [2.45, 2.75) is 57.2 Å². The number of rotatable bonds is 11. The Morgan fingerprint density at radius 3 is 2.62 bits per heavy atom. The molecule has 0 aliphatic carbocycles. The SMILES string of the molecule is Nc1nccn2c([C@@H]3CCCN3CCCCNc3cccc4c3CN(C3CCC(=O)NC3=O)C4=O)nc(-c3ccc(C(=O)Nc4ccccn4)cc3)c12. The second kappa shape index (κ2) is 14.5. The number of nitrogens with zero attached hydrogens (tertiary/aromatic N) is 6. The number of unbranched alkanes of at least 4 members (excludes halogenated alkanes) is 1. The average Bonchev–Trinajstić information content (AvgIpc) is 3.88. The Hall–Kier alpha value is -6.15. The molecular weight excluding hydrogens is 672 g/mol. The molecule has 2 saturated heterocycles. The molecule has 3 aromatic heterocycles. The van der Waals surface area contributed by atoms with E-state index >= 15 is 0 Å². The van der Waals surface area contributed by atoms with Crippen LogP contribution in [0.2, 0.25) is 0 Å². The molecule has 14 nitrogen and oxygen atoms in total. The first-order chi connectivity index (χ1) is 25.9. The molecule has 0 radical (unpaired) electrons. The van der Waals surface area contributed by atoms with Gasteiger partial charge in [0.05, 0.1) is 6.04 Å². The van der Waals surface area contributed by atoms with Crippen LogP contribution >= 0.6 is 0 Å². The number of piperidine rings is 1. The highest BCUT2D eigenvalue weighted by Gasteiger charge is 2.40. The predicted octanol–water partition coefficient (Wildman–Crippen LogP) is 4.42. The molecule has 0 saturated carbocycles. The van der Waals surface area contributed by atoms with Crippen LogP contribution in [-0.2, 0) is 16.1 Å². The zero-order chi connectivity index (χ0) is 36.5. The van der Waals surface area contributed by atoms with Gasteiger partial charge in [-0.15, -0.1) is 0 Å². The number of carbonyl (C=O) groups is 4. The van der Waals surface area contributed by atoms with Gasteiger partial charge in [0.1, 0.15) is 34.7 Å². The number of nitrogen functional groups attached to an aromatic ring is 1.